The fourth-order valence-corrected chi connectivity index (χ4v) is 14.5. The SMILES string of the molecule is C1=Cc2ccc(cc2)-c2cccc3c2N2[C]4=[Pt]=[C]5N(c6cccc(c6)Oc6cccc(c6)N4c4ccccc42)c2ccccc2N5c2c(cccc2-c2ccc(cc2)C=Cc2ccc-3cc2)-c2ccc1cc2. The quantitative estimate of drug-likeness (QED) is 0.151. The van der Waals surface area contributed by atoms with Gasteiger partial charge in [-0.2, -0.15) is 0 Å². The normalized spacial score (nSPS) is 14.3. The summed E-state index contributed by atoms with van der Waals surface area (Å²) in [6.07, 6.45) is 8.89. The van der Waals surface area contributed by atoms with Gasteiger partial charge in [0.25, 0.3) is 0 Å². The average Bonchev–Trinajstić information content (AvgIpc) is 3.93. The van der Waals surface area contributed by atoms with Gasteiger partial charge < -0.3 is 0 Å². The molecule has 10 aromatic carbocycles. The molecule has 0 fully saturated rings. The predicted molar refractivity (Wildman–Crippen MR) is 297 cm³/mol. The fraction of sp³-hybridized carbons (Fsp3) is 0. The predicted octanol–water partition coefficient (Wildman–Crippen LogP) is 17.0. The van der Waals surface area contributed by atoms with Crippen molar-refractivity contribution in [3.05, 3.63) is 253 Å². The van der Waals surface area contributed by atoms with Crippen molar-refractivity contribution in [2.24, 2.45) is 0 Å². The van der Waals surface area contributed by atoms with Crippen molar-refractivity contribution in [2.75, 3.05) is 19.6 Å². The molecule has 72 heavy (non-hydrogen) atoms. The Morgan fingerprint density at radius 2 is 0.583 bits per heavy atom. The molecule has 6 heteroatoms. The van der Waals surface area contributed by atoms with E-state index in [9.17, 15) is 0 Å². The Balaban J connectivity index is 1.18. The van der Waals surface area contributed by atoms with Crippen LogP contribution < -0.4 is 24.3 Å². The Kier molecular flexibility index (Phi) is 9.30. The van der Waals surface area contributed by atoms with Crippen LogP contribution in [0.25, 0.3) is 68.8 Å². The van der Waals surface area contributed by atoms with E-state index in [1.807, 2.05) is 0 Å². The summed E-state index contributed by atoms with van der Waals surface area (Å²) in [6, 6.07) is 85.2. The van der Waals surface area contributed by atoms with Crippen molar-refractivity contribution in [2.45, 2.75) is 0 Å². The van der Waals surface area contributed by atoms with Gasteiger partial charge in [0, 0.05) is 0 Å². The van der Waals surface area contributed by atoms with Gasteiger partial charge in [-0.05, 0) is 0 Å². The minimum atomic E-state index is -1.21. The molecule has 5 nitrogen and oxygen atoms in total. The maximum atomic E-state index is 6.88. The number of hydrogen-bond acceptors (Lipinski definition) is 5. The van der Waals surface area contributed by atoms with Crippen LogP contribution in [-0.4, -0.2) is 8.29 Å². The van der Waals surface area contributed by atoms with Gasteiger partial charge in [0.1, 0.15) is 0 Å². The zero-order valence-electron chi connectivity index (χ0n) is 38.8. The molecule has 0 atom stereocenters. The number of benzene rings is 10. The van der Waals surface area contributed by atoms with E-state index in [2.05, 4.69) is 274 Å². The molecule has 0 unspecified atom stereocenters. The Morgan fingerprint density at radius 3 is 0.917 bits per heavy atom. The van der Waals surface area contributed by atoms with Crippen LogP contribution in [0.15, 0.2) is 231 Å². The molecule has 0 saturated carbocycles. The molecule has 0 radical (unpaired) electrons. The molecular formula is C66H42N4OPt. The van der Waals surface area contributed by atoms with Gasteiger partial charge >= 0.3 is 429 Å². The number of nitrogens with zero attached hydrogens (tertiary/aromatic N) is 4. The van der Waals surface area contributed by atoms with E-state index in [0.29, 0.717) is 0 Å². The van der Waals surface area contributed by atoms with Crippen LogP contribution in [0.1, 0.15) is 22.3 Å². The van der Waals surface area contributed by atoms with Crippen molar-refractivity contribution in [1.82, 2.24) is 0 Å². The van der Waals surface area contributed by atoms with Crippen molar-refractivity contribution >= 4 is 78.1 Å². The Hall–Kier alpha value is -8.89. The number of hydrogen-bond donors (Lipinski definition) is 0. The second-order valence-corrected chi connectivity index (χ2v) is 21.1. The molecular weight excluding hydrogens is 1060 g/mol. The van der Waals surface area contributed by atoms with E-state index in [-0.39, 0.29) is 0 Å². The zero-order chi connectivity index (χ0) is 47.3. The van der Waals surface area contributed by atoms with Crippen LogP contribution >= 0.6 is 0 Å². The van der Waals surface area contributed by atoms with Crippen LogP contribution in [0, 0.1) is 0 Å². The van der Waals surface area contributed by atoms with E-state index >= 15 is 0 Å². The summed E-state index contributed by atoms with van der Waals surface area (Å²) in [5, 5.41) is 0. The number of para-hydroxylation sites is 6. The van der Waals surface area contributed by atoms with E-state index in [0.717, 1.165) is 124 Å². The summed E-state index contributed by atoms with van der Waals surface area (Å²) in [6.45, 7) is 0. The number of ether oxygens (including phenoxy) is 1. The summed E-state index contributed by atoms with van der Waals surface area (Å²) in [5.41, 5.74) is 22.6. The second-order valence-electron chi connectivity index (χ2n) is 18.5. The molecule has 0 N–H and O–H groups in total. The summed E-state index contributed by atoms with van der Waals surface area (Å²) in [7, 11) is 0. The van der Waals surface area contributed by atoms with Crippen molar-refractivity contribution < 1.29 is 22.4 Å². The molecule has 0 saturated heterocycles. The average molecular weight is 1100 g/mol. The second kappa shape index (κ2) is 16.3. The molecule has 0 amide bonds. The molecule has 19 rings (SSSR count). The van der Waals surface area contributed by atoms with Gasteiger partial charge in [-0.25, -0.2) is 0 Å². The Labute approximate surface area is 426 Å². The van der Waals surface area contributed by atoms with E-state index in [1.54, 1.807) is 0 Å². The fourth-order valence-electron chi connectivity index (χ4n) is 10.8. The number of anilines is 8. The molecule has 16 bridgehead atoms. The molecule has 10 aromatic rings. The van der Waals surface area contributed by atoms with Gasteiger partial charge in [0.15, 0.2) is 0 Å². The molecule has 9 aliphatic rings. The molecule has 9 aliphatic heterocycles. The maximum absolute atomic E-state index is 6.88. The third-order valence-electron chi connectivity index (χ3n) is 14.3. The molecule has 0 aliphatic carbocycles. The van der Waals surface area contributed by atoms with Crippen LogP contribution in [-0.2, 0) is 17.6 Å². The summed E-state index contributed by atoms with van der Waals surface area (Å²) >= 11 is -1.21. The molecule has 0 aromatic heterocycles. The third-order valence-corrected chi connectivity index (χ3v) is 17.3. The van der Waals surface area contributed by atoms with Gasteiger partial charge in [-0.3, -0.25) is 0 Å². The first-order valence-electron chi connectivity index (χ1n) is 24.3. The molecule has 0 spiro atoms. The first kappa shape index (κ1) is 40.9. The van der Waals surface area contributed by atoms with Crippen LogP contribution in [0.3, 0.4) is 0 Å². The standard InChI is InChI=1S/C66H42N4O.Pt/c1-3-19-63-61(17-1)67-43-69(63)65-57-13-7-14-58(65)50-35-27-46(28-36-50)22-24-48-31-39-52(40-32-48)60-16-8-15-59(51-37-29-47(30-38-51)23-21-45-25-33-49(57)34-26-45)66(60)70-44-68(62-18-2-4-20-64(62)70)54-10-6-12-56(42-54)71-55-11-5-9-53(67)41-55;/h1-42H;. The van der Waals surface area contributed by atoms with E-state index in [4.69, 9.17) is 4.74 Å². The topological polar surface area (TPSA) is 22.2 Å². The summed E-state index contributed by atoms with van der Waals surface area (Å²) < 4.78 is 9.27. The van der Waals surface area contributed by atoms with Crippen LogP contribution in [0.4, 0.5) is 45.5 Å². The van der Waals surface area contributed by atoms with Gasteiger partial charge in [0.2, 0.25) is 0 Å². The Bertz CT molecular complexity index is 3610. The minimum absolute atomic E-state index is 0.779. The Morgan fingerprint density at radius 1 is 0.278 bits per heavy atom. The molecule has 342 valence electrons. The number of fused-ring (bicyclic) bond motifs is 14. The first-order chi connectivity index (χ1) is 35.7. The van der Waals surface area contributed by atoms with Gasteiger partial charge in [-0.15, -0.1) is 0 Å². The number of rotatable bonds is 0. The summed E-state index contributed by atoms with van der Waals surface area (Å²) in [4.78, 5) is 10.3. The summed E-state index contributed by atoms with van der Waals surface area (Å²) in [5.74, 6) is 1.56. The monoisotopic (exact) mass is 1100 g/mol. The zero-order valence-corrected chi connectivity index (χ0v) is 41.0. The van der Waals surface area contributed by atoms with Crippen LogP contribution in [0.5, 0.6) is 11.5 Å². The van der Waals surface area contributed by atoms with Crippen molar-refractivity contribution in [1.29, 1.82) is 0 Å². The third kappa shape index (κ3) is 6.58. The van der Waals surface area contributed by atoms with Gasteiger partial charge in [-0.1, -0.05) is 0 Å². The first-order valence-corrected chi connectivity index (χ1v) is 26.6. The van der Waals surface area contributed by atoms with E-state index in [1.165, 1.54) is 8.29 Å². The van der Waals surface area contributed by atoms with E-state index < -0.39 is 17.6 Å². The molecule has 9 heterocycles. The van der Waals surface area contributed by atoms with Crippen molar-refractivity contribution in [3.8, 4) is 56.0 Å². The van der Waals surface area contributed by atoms with Crippen molar-refractivity contribution in [3.63, 3.8) is 0 Å². The van der Waals surface area contributed by atoms with Gasteiger partial charge in [0.05, 0.1) is 0 Å². The van der Waals surface area contributed by atoms with Crippen LogP contribution in [0.2, 0.25) is 0 Å².